The highest BCUT2D eigenvalue weighted by Gasteiger charge is 2.24. The summed E-state index contributed by atoms with van der Waals surface area (Å²) in [6, 6.07) is -0.962. The van der Waals surface area contributed by atoms with Crippen molar-refractivity contribution in [3.8, 4) is 0 Å². The monoisotopic (exact) mass is 284 g/mol. The summed E-state index contributed by atoms with van der Waals surface area (Å²) in [4.78, 5) is 14.6. The number of thiazole rings is 1. The van der Waals surface area contributed by atoms with Crippen LogP contribution in [-0.4, -0.2) is 32.5 Å². The summed E-state index contributed by atoms with van der Waals surface area (Å²) in [7, 11) is -2.60. The number of esters is 1. The van der Waals surface area contributed by atoms with Crippen molar-refractivity contribution < 1.29 is 17.9 Å². The molecule has 16 heavy (non-hydrogen) atoms. The molecule has 0 aliphatic heterocycles. The number of nitrogens with one attached hydrogen (secondary N) is 1. The highest BCUT2D eigenvalue weighted by molar-refractivity contribution is 7.91. The number of hydrogen-bond donors (Lipinski definition) is 1. The first-order valence-corrected chi connectivity index (χ1v) is 6.76. The first-order chi connectivity index (χ1) is 7.36. The van der Waals surface area contributed by atoms with Crippen LogP contribution in [0.5, 0.6) is 0 Å². The molecule has 0 spiro atoms. The van der Waals surface area contributed by atoms with Gasteiger partial charge < -0.3 is 4.74 Å². The van der Waals surface area contributed by atoms with E-state index in [0.717, 1.165) is 17.5 Å². The van der Waals surface area contributed by atoms with Crippen LogP contribution < -0.4 is 4.72 Å². The molecule has 1 heterocycles. The number of carbonyl (C=O) groups excluding carboxylic acids is 1. The van der Waals surface area contributed by atoms with Gasteiger partial charge in [0.05, 0.1) is 13.3 Å². The number of ether oxygens (including phenoxy) is 1. The Kier molecular flexibility index (Phi) is 4.25. The van der Waals surface area contributed by atoms with Crippen molar-refractivity contribution in [2.24, 2.45) is 0 Å². The Morgan fingerprint density at radius 1 is 1.69 bits per heavy atom. The van der Waals surface area contributed by atoms with Crippen LogP contribution in [-0.2, 0) is 19.6 Å². The van der Waals surface area contributed by atoms with Crippen LogP contribution in [0.15, 0.2) is 10.4 Å². The van der Waals surface area contributed by atoms with Crippen molar-refractivity contribution in [1.29, 1.82) is 0 Å². The van der Waals surface area contributed by atoms with E-state index < -0.39 is 22.0 Å². The largest absolute Gasteiger partial charge is 0.468 e. The Labute approximate surface area is 102 Å². The minimum atomic E-state index is -3.77. The molecule has 0 radical (unpaired) electrons. The van der Waals surface area contributed by atoms with Crippen LogP contribution in [0.25, 0.3) is 0 Å². The third kappa shape index (κ3) is 3.14. The number of sulfonamides is 1. The molecule has 90 valence electrons. The molecule has 1 aromatic rings. The van der Waals surface area contributed by atoms with Crippen molar-refractivity contribution in [2.75, 3.05) is 7.11 Å². The molecule has 0 aliphatic carbocycles. The molecular formula is C7H9ClN2O4S2. The molecule has 1 N–H and O–H groups in total. The van der Waals surface area contributed by atoms with Crippen LogP contribution in [0.4, 0.5) is 0 Å². The van der Waals surface area contributed by atoms with Gasteiger partial charge in [0.15, 0.2) is 8.68 Å². The molecule has 0 fully saturated rings. The van der Waals surface area contributed by atoms with Crippen molar-refractivity contribution in [3.63, 3.8) is 0 Å². The number of aromatic nitrogens is 1. The Balaban J connectivity index is 2.84. The zero-order valence-corrected chi connectivity index (χ0v) is 10.8. The van der Waals surface area contributed by atoms with Gasteiger partial charge in [-0.3, -0.25) is 4.79 Å². The zero-order chi connectivity index (χ0) is 12.3. The molecule has 0 aromatic carbocycles. The maximum atomic E-state index is 11.7. The molecule has 1 rings (SSSR count). The first kappa shape index (κ1) is 13.4. The van der Waals surface area contributed by atoms with Gasteiger partial charge in [-0.15, -0.1) is 0 Å². The fraction of sp³-hybridized carbons (Fsp3) is 0.429. The Bertz CT molecular complexity index is 484. The summed E-state index contributed by atoms with van der Waals surface area (Å²) < 4.78 is 29.9. The standard InChI is InChI=1S/C7H9ClN2O4S2/c1-4(6(11)14-2)10-16(12,13)5-3-9-7(8)15-5/h3-4,10H,1-2H3. The lowest BCUT2D eigenvalue weighted by atomic mass is 10.4. The molecule has 1 aromatic heterocycles. The SMILES string of the molecule is COC(=O)C(C)NS(=O)(=O)c1cnc(Cl)s1. The number of carbonyl (C=O) groups is 1. The van der Waals surface area contributed by atoms with Gasteiger partial charge in [-0.1, -0.05) is 22.9 Å². The van der Waals surface area contributed by atoms with Gasteiger partial charge in [-0.2, -0.15) is 4.72 Å². The summed E-state index contributed by atoms with van der Waals surface area (Å²) in [6.45, 7) is 1.38. The predicted molar refractivity (Wildman–Crippen MR) is 58.9 cm³/mol. The van der Waals surface area contributed by atoms with E-state index in [4.69, 9.17) is 11.6 Å². The quantitative estimate of drug-likeness (QED) is 0.820. The topological polar surface area (TPSA) is 85.4 Å². The average molecular weight is 285 g/mol. The second-order valence-corrected chi connectivity index (χ2v) is 6.35. The lowest BCUT2D eigenvalue weighted by molar-refractivity contribution is -0.142. The third-order valence-corrected chi connectivity index (χ3v) is 4.72. The van der Waals surface area contributed by atoms with Gasteiger partial charge in [0.25, 0.3) is 10.0 Å². The summed E-state index contributed by atoms with van der Waals surface area (Å²) in [6.07, 6.45) is 1.12. The first-order valence-electron chi connectivity index (χ1n) is 4.08. The highest BCUT2D eigenvalue weighted by atomic mass is 35.5. The highest BCUT2D eigenvalue weighted by Crippen LogP contribution is 2.22. The van der Waals surface area contributed by atoms with E-state index >= 15 is 0 Å². The maximum Gasteiger partial charge on any atom is 0.323 e. The van der Waals surface area contributed by atoms with Gasteiger partial charge in [0, 0.05) is 0 Å². The summed E-state index contributed by atoms with van der Waals surface area (Å²) in [5.41, 5.74) is 0. The van der Waals surface area contributed by atoms with Crippen LogP contribution >= 0.6 is 22.9 Å². The second kappa shape index (κ2) is 5.09. The zero-order valence-electron chi connectivity index (χ0n) is 8.43. The predicted octanol–water partition coefficient (Wildman–Crippen LogP) is 0.636. The minimum Gasteiger partial charge on any atom is -0.468 e. The smallest absolute Gasteiger partial charge is 0.323 e. The maximum absolute atomic E-state index is 11.7. The van der Waals surface area contributed by atoms with E-state index in [0.29, 0.717) is 0 Å². The summed E-state index contributed by atoms with van der Waals surface area (Å²) in [5.74, 6) is -0.667. The Morgan fingerprint density at radius 2 is 2.31 bits per heavy atom. The van der Waals surface area contributed by atoms with E-state index in [1.54, 1.807) is 0 Å². The molecule has 0 bridgehead atoms. The summed E-state index contributed by atoms with van der Waals surface area (Å²) >= 11 is 6.32. The van der Waals surface area contributed by atoms with Gasteiger partial charge in [-0.25, -0.2) is 13.4 Å². The third-order valence-electron chi connectivity index (χ3n) is 1.61. The lowest BCUT2D eigenvalue weighted by Gasteiger charge is -2.10. The van der Waals surface area contributed by atoms with E-state index in [1.165, 1.54) is 14.0 Å². The van der Waals surface area contributed by atoms with Crippen LogP contribution in [0, 0.1) is 0 Å². The van der Waals surface area contributed by atoms with Gasteiger partial charge >= 0.3 is 5.97 Å². The fourth-order valence-electron chi connectivity index (χ4n) is 0.879. The van der Waals surface area contributed by atoms with E-state index in [-0.39, 0.29) is 8.68 Å². The molecular weight excluding hydrogens is 276 g/mol. The molecule has 0 saturated carbocycles. The molecule has 0 amide bonds. The van der Waals surface area contributed by atoms with Gasteiger partial charge in [-0.05, 0) is 6.92 Å². The Morgan fingerprint density at radius 3 is 2.75 bits per heavy atom. The fourth-order valence-corrected chi connectivity index (χ4v) is 3.38. The van der Waals surface area contributed by atoms with Crippen LogP contribution in [0.2, 0.25) is 4.47 Å². The summed E-state index contributed by atoms with van der Waals surface area (Å²) in [5, 5.41) is 0. The molecule has 1 atom stereocenters. The normalized spacial score (nSPS) is 13.4. The minimum absolute atomic E-state index is 0.0479. The number of methoxy groups -OCH3 is 1. The number of hydrogen-bond acceptors (Lipinski definition) is 6. The van der Waals surface area contributed by atoms with Gasteiger partial charge in [0.2, 0.25) is 0 Å². The van der Waals surface area contributed by atoms with Crippen molar-refractivity contribution in [2.45, 2.75) is 17.2 Å². The molecule has 6 nitrogen and oxygen atoms in total. The second-order valence-electron chi connectivity index (χ2n) is 2.80. The van der Waals surface area contributed by atoms with Crippen LogP contribution in [0.1, 0.15) is 6.92 Å². The van der Waals surface area contributed by atoms with Gasteiger partial charge in [0.1, 0.15) is 6.04 Å². The van der Waals surface area contributed by atoms with Crippen molar-refractivity contribution in [3.05, 3.63) is 10.7 Å². The van der Waals surface area contributed by atoms with Crippen molar-refractivity contribution >= 4 is 38.9 Å². The Hall–Kier alpha value is -0.700. The molecule has 0 aliphatic rings. The van der Waals surface area contributed by atoms with E-state index in [9.17, 15) is 13.2 Å². The molecule has 0 saturated heterocycles. The van der Waals surface area contributed by atoms with E-state index in [1.807, 2.05) is 0 Å². The number of halogens is 1. The van der Waals surface area contributed by atoms with Crippen LogP contribution in [0.3, 0.4) is 0 Å². The number of rotatable bonds is 4. The number of nitrogens with zero attached hydrogens (tertiary/aromatic N) is 1. The van der Waals surface area contributed by atoms with E-state index in [2.05, 4.69) is 14.4 Å². The van der Waals surface area contributed by atoms with Crippen molar-refractivity contribution in [1.82, 2.24) is 9.71 Å². The average Bonchev–Trinajstić information content (AvgIpc) is 2.63. The molecule has 1 unspecified atom stereocenters. The molecule has 9 heteroatoms. The lowest BCUT2D eigenvalue weighted by Crippen LogP contribution is -2.38.